The van der Waals surface area contributed by atoms with Crippen molar-refractivity contribution in [3.05, 3.63) is 71.1 Å². The Kier molecular flexibility index (Phi) is 6.29. The molecule has 1 amide bonds. The van der Waals surface area contributed by atoms with Crippen LogP contribution in [0.15, 0.2) is 54.9 Å². The second-order valence-corrected chi connectivity index (χ2v) is 6.16. The van der Waals surface area contributed by atoms with E-state index in [1.807, 2.05) is 18.2 Å². The van der Waals surface area contributed by atoms with Gasteiger partial charge < -0.3 is 20.1 Å². The summed E-state index contributed by atoms with van der Waals surface area (Å²) < 4.78 is 10.6. The molecule has 0 saturated carbocycles. The molecule has 8 heteroatoms. The van der Waals surface area contributed by atoms with Gasteiger partial charge in [0.1, 0.15) is 29.3 Å². The Morgan fingerprint density at radius 3 is 2.64 bits per heavy atom. The summed E-state index contributed by atoms with van der Waals surface area (Å²) in [4.78, 5) is 20.6. The molecule has 0 spiro atoms. The number of amides is 1. The maximum Gasteiger partial charge on any atom is 0.270 e. The van der Waals surface area contributed by atoms with Gasteiger partial charge in [0.2, 0.25) is 0 Å². The molecule has 0 bridgehead atoms. The van der Waals surface area contributed by atoms with Crippen LogP contribution in [0.2, 0.25) is 5.02 Å². The zero-order valence-corrected chi connectivity index (χ0v) is 16.2. The normalized spacial score (nSPS) is 10.2. The summed E-state index contributed by atoms with van der Waals surface area (Å²) in [6.45, 7) is 0.301. The van der Waals surface area contributed by atoms with Gasteiger partial charge in [0.25, 0.3) is 5.91 Å². The molecule has 1 aromatic heterocycles. The SMILES string of the molecule is COc1ccc(OC)c(Nc2cc(C(=O)NCc3ccccc3Cl)ncn2)c1. The van der Waals surface area contributed by atoms with Crippen molar-refractivity contribution in [2.24, 2.45) is 0 Å². The number of carbonyl (C=O) groups is 1. The molecular formula is C20H19ClN4O3. The van der Waals surface area contributed by atoms with Gasteiger partial charge in [0.15, 0.2) is 0 Å². The summed E-state index contributed by atoms with van der Waals surface area (Å²) in [6.07, 6.45) is 1.32. The van der Waals surface area contributed by atoms with Crippen LogP contribution in [0.1, 0.15) is 16.1 Å². The van der Waals surface area contributed by atoms with Crippen molar-refractivity contribution in [2.75, 3.05) is 19.5 Å². The number of nitrogens with zero attached hydrogens (tertiary/aromatic N) is 2. The van der Waals surface area contributed by atoms with Gasteiger partial charge in [-0.05, 0) is 23.8 Å². The first-order valence-electron chi connectivity index (χ1n) is 8.43. The minimum atomic E-state index is -0.331. The van der Waals surface area contributed by atoms with E-state index < -0.39 is 0 Å². The molecule has 0 saturated heterocycles. The zero-order chi connectivity index (χ0) is 19.9. The van der Waals surface area contributed by atoms with Crippen LogP contribution in [0.4, 0.5) is 11.5 Å². The number of hydrogen-bond acceptors (Lipinski definition) is 6. The van der Waals surface area contributed by atoms with E-state index in [0.29, 0.717) is 34.6 Å². The Morgan fingerprint density at radius 2 is 1.89 bits per heavy atom. The summed E-state index contributed by atoms with van der Waals surface area (Å²) in [5.41, 5.74) is 1.71. The summed E-state index contributed by atoms with van der Waals surface area (Å²) in [6, 6.07) is 14.2. The Hall–Kier alpha value is -3.32. The van der Waals surface area contributed by atoms with Crippen LogP contribution in [0.3, 0.4) is 0 Å². The third kappa shape index (κ3) is 4.69. The first-order chi connectivity index (χ1) is 13.6. The molecule has 1 heterocycles. The fourth-order valence-electron chi connectivity index (χ4n) is 2.51. The van der Waals surface area contributed by atoms with Gasteiger partial charge in [-0.1, -0.05) is 29.8 Å². The standard InChI is InChI=1S/C20H19ClN4O3/c1-27-14-7-8-18(28-2)16(9-14)25-19-10-17(23-12-24-19)20(26)22-11-13-5-3-4-6-15(13)21/h3-10,12H,11H2,1-2H3,(H,22,26)(H,23,24,25). The molecule has 144 valence electrons. The highest BCUT2D eigenvalue weighted by atomic mass is 35.5. The van der Waals surface area contributed by atoms with Gasteiger partial charge >= 0.3 is 0 Å². The second kappa shape index (κ2) is 9.05. The molecule has 2 N–H and O–H groups in total. The van der Waals surface area contributed by atoms with Crippen LogP contribution in [0.25, 0.3) is 0 Å². The third-order valence-corrected chi connectivity index (χ3v) is 4.34. The van der Waals surface area contributed by atoms with Crippen molar-refractivity contribution in [3.8, 4) is 11.5 Å². The van der Waals surface area contributed by atoms with Crippen molar-refractivity contribution in [1.82, 2.24) is 15.3 Å². The van der Waals surface area contributed by atoms with Gasteiger partial charge in [0.05, 0.1) is 19.9 Å². The van der Waals surface area contributed by atoms with E-state index in [-0.39, 0.29) is 11.6 Å². The molecule has 2 aromatic carbocycles. The molecule has 0 unspecified atom stereocenters. The second-order valence-electron chi connectivity index (χ2n) is 5.75. The van der Waals surface area contributed by atoms with E-state index in [4.69, 9.17) is 21.1 Å². The zero-order valence-electron chi connectivity index (χ0n) is 15.4. The lowest BCUT2D eigenvalue weighted by molar-refractivity contribution is 0.0946. The number of anilines is 2. The van der Waals surface area contributed by atoms with Crippen molar-refractivity contribution in [1.29, 1.82) is 0 Å². The van der Waals surface area contributed by atoms with E-state index in [0.717, 1.165) is 5.56 Å². The van der Waals surface area contributed by atoms with Crippen LogP contribution in [0.5, 0.6) is 11.5 Å². The summed E-state index contributed by atoms with van der Waals surface area (Å²) >= 11 is 6.11. The number of aromatic nitrogens is 2. The van der Waals surface area contributed by atoms with E-state index in [1.165, 1.54) is 6.33 Å². The van der Waals surface area contributed by atoms with Crippen molar-refractivity contribution in [3.63, 3.8) is 0 Å². The number of ether oxygens (including phenoxy) is 2. The molecule has 0 radical (unpaired) electrons. The Balaban J connectivity index is 1.73. The number of rotatable bonds is 7. The van der Waals surface area contributed by atoms with E-state index in [2.05, 4.69) is 20.6 Å². The number of halogens is 1. The lowest BCUT2D eigenvalue weighted by Gasteiger charge is -2.12. The number of carbonyl (C=O) groups excluding carboxylic acids is 1. The summed E-state index contributed by atoms with van der Waals surface area (Å²) in [5.74, 6) is 1.40. The van der Waals surface area contributed by atoms with Gasteiger partial charge in [-0.2, -0.15) is 0 Å². The molecule has 0 aliphatic heterocycles. The monoisotopic (exact) mass is 398 g/mol. The summed E-state index contributed by atoms with van der Waals surface area (Å²) in [7, 11) is 3.15. The van der Waals surface area contributed by atoms with Crippen LogP contribution >= 0.6 is 11.6 Å². The smallest absolute Gasteiger partial charge is 0.270 e. The van der Waals surface area contributed by atoms with E-state index in [1.54, 1.807) is 44.6 Å². The lowest BCUT2D eigenvalue weighted by atomic mass is 10.2. The average molecular weight is 399 g/mol. The van der Waals surface area contributed by atoms with Crippen molar-refractivity contribution < 1.29 is 14.3 Å². The van der Waals surface area contributed by atoms with Crippen LogP contribution in [0, 0.1) is 0 Å². The predicted octanol–water partition coefficient (Wildman–Crippen LogP) is 3.82. The van der Waals surface area contributed by atoms with Crippen LogP contribution in [-0.4, -0.2) is 30.1 Å². The molecule has 3 rings (SSSR count). The number of methoxy groups -OCH3 is 2. The molecule has 0 aliphatic rings. The minimum absolute atomic E-state index is 0.228. The molecule has 0 atom stereocenters. The number of benzene rings is 2. The lowest BCUT2D eigenvalue weighted by Crippen LogP contribution is -2.24. The Morgan fingerprint density at radius 1 is 1.07 bits per heavy atom. The minimum Gasteiger partial charge on any atom is -0.497 e. The van der Waals surface area contributed by atoms with Gasteiger partial charge in [0, 0.05) is 23.7 Å². The summed E-state index contributed by atoms with van der Waals surface area (Å²) in [5, 5.41) is 6.52. The Bertz CT molecular complexity index is 981. The fraction of sp³-hybridized carbons (Fsp3) is 0.150. The molecule has 0 aliphatic carbocycles. The average Bonchev–Trinajstić information content (AvgIpc) is 2.73. The topological polar surface area (TPSA) is 85.4 Å². The third-order valence-electron chi connectivity index (χ3n) is 3.97. The van der Waals surface area contributed by atoms with Gasteiger partial charge in [-0.3, -0.25) is 4.79 Å². The number of hydrogen-bond donors (Lipinski definition) is 2. The highest BCUT2D eigenvalue weighted by molar-refractivity contribution is 6.31. The maximum absolute atomic E-state index is 12.4. The molecule has 0 fully saturated rings. The fourth-order valence-corrected chi connectivity index (χ4v) is 2.71. The van der Waals surface area contributed by atoms with E-state index in [9.17, 15) is 4.79 Å². The first kappa shape index (κ1) is 19.4. The van der Waals surface area contributed by atoms with Gasteiger partial charge in [-0.25, -0.2) is 9.97 Å². The molecule has 28 heavy (non-hydrogen) atoms. The molecule has 3 aromatic rings. The predicted molar refractivity (Wildman–Crippen MR) is 107 cm³/mol. The highest BCUT2D eigenvalue weighted by Crippen LogP contribution is 2.31. The largest absolute Gasteiger partial charge is 0.497 e. The quantitative estimate of drug-likeness (QED) is 0.629. The van der Waals surface area contributed by atoms with Crippen molar-refractivity contribution in [2.45, 2.75) is 6.54 Å². The van der Waals surface area contributed by atoms with Gasteiger partial charge in [-0.15, -0.1) is 0 Å². The van der Waals surface area contributed by atoms with Crippen molar-refractivity contribution >= 4 is 29.0 Å². The highest BCUT2D eigenvalue weighted by Gasteiger charge is 2.11. The Labute approximate surface area is 167 Å². The maximum atomic E-state index is 12.4. The van der Waals surface area contributed by atoms with E-state index >= 15 is 0 Å². The number of nitrogens with one attached hydrogen (secondary N) is 2. The molecule has 7 nitrogen and oxygen atoms in total. The van der Waals surface area contributed by atoms with Crippen LogP contribution < -0.4 is 20.1 Å². The first-order valence-corrected chi connectivity index (χ1v) is 8.81. The van der Waals surface area contributed by atoms with Crippen LogP contribution in [-0.2, 0) is 6.54 Å². The molecular weight excluding hydrogens is 380 g/mol.